The molecule has 1 heterocycles. The van der Waals surface area contributed by atoms with E-state index in [9.17, 15) is 4.79 Å². The predicted molar refractivity (Wildman–Crippen MR) is 91.0 cm³/mol. The van der Waals surface area contributed by atoms with Crippen molar-refractivity contribution in [1.29, 1.82) is 0 Å². The molecule has 3 aromatic rings. The van der Waals surface area contributed by atoms with Crippen molar-refractivity contribution in [2.75, 3.05) is 11.2 Å². The molecule has 0 aliphatic carbocycles. The van der Waals surface area contributed by atoms with Gasteiger partial charge in [-0.1, -0.05) is 60.7 Å². The Bertz CT molecular complexity index is 766. The second-order valence-corrected chi connectivity index (χ2v) is 5.15. The highest BCUT2D eigenvalue weighted by Gasteiger charge is 2.13. The van der Waals surface area contributed by atoms with Gasteiger partial charge in [0.25, 0.3) is 0 Å². The van der Waals surface area contributed by atoms with E-state index in [-0.39, 0.29) is 11.8 Å². The van der Waals surface area contributed by atoms with Crippen LogP contribution >= 0.6 is 11.6 Å². The third-order valence-corrected chi connectivity index (χ3v) is 3.60. The molecule has 1 aromatic heterocycles. The number of amides is 1. The summed E-state index contributed by atoms with van der Waals surface area (Å²) in [6, 6.07) is 21.8. The van der Waals surface area contributed by atoms with E-state index >= 15 is 0 Å². The van der Waals surface area contributed by atoms with Gasteiger partial charge in [0.15, 0.2) is 0 Å². The molecule has 4 heteroatoms. The van der Waals surface area contributed by atoms with Crippen LogP contribution in [0.2, 0.25) is 0 Å². The van der Waals surface area contributed by atoms with Crippen molar-refractivity contribution >= 4 is 23.2 Å². The van der Waals surface area contributed by atoms with Gasteiger partial charge in [0.2, 0.25) is 5.91 Å². The molecule has 1 amide bonds. The lowest BCUT2D eigenvalue weighted by molar-refractivity contribution is -0.113. The SMILES string of the molecule is O=C(CCl)Nc1cc(-c2ccccc2)[nH]c1-c1ccccc1. The van der Waals surface area contributed by atoms with Gasteiger partial charge in [-0.25, -0.2) is 0 Å². The molecular formula is C18H15ClN2O. The van der Waals surface area contributed by atoms with Crippen LogP contribution in [0.25, 0.3) is 22.5 Å². The Hall–Kier alpha value is -2.52. The number of carbonyl (C=O) groups is 1. The summed E-state index contributed by atoms with van der Waals surface area (Å²) in [5.74, 6) is -0.294. The second kappa shape index (κ2) is 6.50. The van der Waals surface area contributed by atoms with E-state index in [0.29, 0.717) is 0 Å². The first-order chi connectivity index (χ1) is 10.8. The second-order valence-electron chi connectivity index (χ2n) is 4.89. The zero-order valence-corrected chi connectivity index (χ0v) is 12.6. The van der Waals surface area contributed by atoms with Gasteiger partial charge in [-0.05, 0) is 11.6 Å². The fourth-order valence-electron chi connectivity index (χ4n) is 2.34. The molecule has 3 nitrogen and oxygen atoms in total. The summed E-state index contributed by atoms with van der Waals surface area (Å²) in [6.45, 7) is 0. The van der Waals surface area contributed by atoms with Gasteiger partial charge >= 0.3 is 0 Å². The monoisotopic (exact) mass is 310 g/mol. The highest BCUT2D eigenvalue weighted by atomic mass is 35.5. The zero-order chi connectivity index (χ0) is 15.4. The van der Waals surface area contributed by atoms with Crippen molar-refractivity contribution in [3.8, 4) is 22.5 Å². The fraction of sp³-hybridized carbons (Fsp3) is 0.0556. The summed E-state index contributed by atoms with van der Waals surface area (Å²) in [7, 11) is 0. The van der Waals surface area contributed by atoms with Crippen LogP contribution in [0.1, 0.15) is 0 Å². The number of rotatable bonds is 4. The largest absolute Gasteiger partial charge is 0.353 e. The first-order valence-corrected chi connectivity index (χ1v) is 7.51. The number of anilines is 1. The van der Waals surface area contributed by atoms with Crippen molar-refractivity contribution in [3.63, 3.8) is 0 Å². The normalized spacial score (nSPS) is 10.4. The number of halogens is 1. The molecule has 0 atom stereocenters. The molecule has 22 heavy (non-hydrogen) atoms. The van der Waals surface area contributed by atoms with Gasteiger partial charge in [-0.2, -0.15) is 0 Å². The van der Waals surface area contributed by atoms with Crippen LogP contribution in [0.3, 0.4) is 0 Å². The van der Waals surface area contributed by atoms with Crippen molar-refractivity contribution in [2.45, 2.75) is 0 Å². The minimum Gasteiger partial charge on any atom is -0.353 e. The van der Waals surface area contributed by atoms with Gasteiger partial charge < -0.3 is 10.3 Å². The number of H-pyrrole nitrogens is 1. The van der Waals surface area contributed by atoms with Crippen LogP contribution in [0.15, 0.2) is 66.7 Å². The maximum absolute atomic E-state index is 11.7. The lowest BCUT2D eigenvalue weighted by Gasteiger charge is -2.05. The average Bonchev–Trinajstić information content (AvgIpc) is 3.00. The van der Waals surface area contributed by atoms with Gasteiger partial charge in [0.1, 0.15) is 5.88 Å². The smallest absolute Gasteiger partial charge is 0.239 e. The summed E-state index contributed by atoms with van der Waals surface area (Å²) in [5, 5.41) is 2.85. The van der Waals surface area contributed by atoms with Crippen LogP contribution in [0.4, 0.5) is 5.69 Å². The fourth-order valence-corrected chi connectivity index (χ4v) is 2.41. The van der Waals surface area contributed by atoms with Gasteiger partial charge in [0, 0.05) is 11.3 Å². The van der Waals surface area contributed by atoms with E-state index < -0.39 is 0 Å². The molecule has 0 radical (unpaired) electrons. The molecule has 0 aliphatic rings. The summed E-state index contributed by atoms with van der Waals surface area (Å²) in [6.07, 6.45) is 0. The molecule has 0 aliphatic heterocycles. The number of aromatic nitrogens is 1. The first-order valence-electron chi connectivity index (χ1n) is 6.97. The van der Waals surface area contributed by atoms with E-state index in [2.05, 4.69) is 10.3 Å². The van der Waals surface area contributed by atoms with E-state index in [0.717, 1.165) is 28.2 Å². The number of aromatic amines is 1. The Morgan fingerprint density at radius 3 is 2.14 bits per heavy atom. The molecule has 0 saturated heterocycles. The summed E-state index contributed by atoms with van der Waals surface area (Å²) < 4.78 is 0. The average molecular weight is 311 g/mol. The lowest BCUT2D eigenvalue weighted by atomic mass is 10.1. The quantitative estimate of drug-likeness (QED) is 0.683. The van der Waals surface area contributed by atoms with Gasteiger partial charge in [-0.3, -0.25) is 4.79 Å². The van der Waals surface area contributed by atoms with Crippen molar-refractivity contribution in [1.82, 2.24) is 4.98 Å². The van der Waals surface area contributed by atoms with E-state index in [1.54, 1.807) is 0 Å². The molecule has 0 bridgehead atoms. The predicted octanol–water partition coefficient (Wildman–Crippen LogP) is 4.53. The molecule has 0 fully saturated rings. The first kappa shape index (κ1) is 14.4. The van der Waals surface area contributed by atoms with Crippen LogP contribution in [0, 0.1) is 0 Å². The van der Waals surface area contributed by atoms with Gasteiger partial charge in [-0.15, -0.1) is 11.6 Å². The molecule has 0 spiro atoms. The highest BCUT2D eigenvalue weighted by Crippen LogP contribution is 2.32. The zero-order valence-electron chi connectivity index (χ0n) is 11.8. The Balaban J connectivity index is 2.07. The standard InChI is InChI=1S/C18H15ClN2O/c19-12-17(22)20-16-11-15(13-7-3-1-4-8-13)21-18(16)14-9-5-2-6-10-14/h1-11,21H,12H2,(H,20,22). The van der Waals surface area contributed by atoms with Crippen LogP contribution in [-0.4, -0.2) is 16.8 Å². The third-order valence-electron chi connectivity index (χ3n) is 3.36. The number of carbonyl (C=O) groups excluding carboxylic acids is 1. The number of benzene rings is 2. The Kier molecular flexibility index (Phi) is 4.26. The van der Waals surface area contributed by atoms with Crippen LogP contribution < -0.4 is 5.32 Å². The summed E-state index contributed by atoms with van der Waals surface area (Å²) >= 11 is 5.60. The summed E-state index contributed by atoms with van der Waals surface area (Å²) in [5.41, 5.74) is 4.62. The van der Waals surface area contributed by atoms with Crippen molar-refractivity contribution in [3.05, 3.63) is 66.7 Å². The third kappa shape index (κ3) is 3.05. The number of alkyl halides is 1. The van der Waals surface area contributed by atoms with E-state index in [1.807, 2.05) is 66.7 Å². The lowest BCUT2D eigenvalue weighted by Crippen LogP contribution is -2.12. The topological polar surface area (TPSA) is 44.9 Å². The van der Waals surface area contributed by atoms with Crippen LogP contribution in [0.5, 0.6) is 0 Å². The Morgan fingerprint density at radius 1 is 0.955 bits per heavy atom. The van der Waals surface area contributed by atoms with Gasteiger partial charge in [0.05, 0.1) is 11.4 Å². The molecule has 2 aromatic carbocycles. The molecule has 110 valence electrons. The van der Waals surface area contributed by atoms with Crippen molar-refractivity contribution < 1.29 is 4.79 Å². The number of hydrogen-bond donors (Lipinski definition) is 2. The number of hydrogen-bond acceptors (Lipinski definition) is 1. The molecule has 3 rings (SSSR count). The van der Waals surface area contributed by atoms with Crippen LogP contribution in [-0.2, 0) is 4.79 Å². The maximum atomic E-state index is 11.7. The molecule has 0 unspecified atom stereocenters. The molecule has 0 saturated carbocycles. The van der Waals surface area contributed by atoms with E-state index in [1.165, 1.54) is 0 Å². The Morgan fingerprint density at radius 2 is 1.55 bits per heavy atom. The minimum atomic E-state index is -0.225. The molecule has 2 N–H and O–H groups in total. The Labute approximate surface area is 133 Å². The summed E-state index contributed by atoms with van der Waals surface area (Å²) in [4.78, 5) is 15.0. The highest BCUT2D eigenvalue weighted by molar-refractivity contribution is 6.29. The number of nitrogens with one attached hydrogen (secondary N) is 2. The van der Waals surface area contributed by atoms with E-state index in [4.69, 9.17) is 11.6 Å². The minimum absolute atomic E-state index is 0.0694. The van der Waals surface area contributed by atoms with Crippen molar-refractivity contribution in [2.24, 2.45) is 0 Å². The molecular weight excluding hydrogens is 296 g/mol. The maximum Gasteiger partial charge on any atom is 0.239 e.